The number of aromatic nitrogens is 5. The fourth-order valence-electron chi connectivity index (χ4n) is 3.67. The van der Waals surface area contributed by atoms with Crippen molar-refractivity contribution in [3.8, 4) is 11.3 Å². The van der Waals surface area contributed by atoms with Crippen LogP contribution in [-0.4, -0.2) is 95.1 Å². The molecule has 0 aromatic carbocycles. The Hall–Kier alpha value is -2.83. The molecule has 172 valence electrons. The zero-order chi connectivity index (χ0) is 22.7. The van der Waals surface area contributed by atoms with Gasteiger partial charge in [-0.05, 0) is 33.0 Å². The van der Waals surface area contributed by atoms with Crippen LogP contribution in [0.3, 0.4) is 0 Å². The Kier molecular flexibility index (Phi) is 6.53. The molecular formula is C20H29N9O2S. The highest BCUT2D eigenvalue weighted by molar-refractivity contribution is 7.88. The SMILES string of the molecule is CN(C)CCNc1ncc(-c2cnc3[nH]ccc3n2)c(NC2CCCN(S(C)(=O)=O)C2)n1. The zero-order valence-corrected chi connectivity index (χ0v) is 19.4. The predicted octanol–water partition coefficient (Wildman–Crippen LogP) is 1.22. The van der Waals surface area contributed by atoms with E-state index >= 15 is 0 Å². The smallest absolute Gasteiger partial charge is 0.224 e. The molecule has 0 amide bonds. The van der Waals surface area contributed by atoms with Gasteiger partial charge in [0.05, 0.1) is 23.7 Å². The van der Waals surface area contributed by atoms with E-state index in [4.69, 9.17) is 4.98 Å². The van der Waals surface area contributed by atoms with Crippen LogP contribution in [-0.2, 0) is 10.0 Å². The molecule has 4 heterocycles. The summed E-state index contributed by atoms with van der Waals surface area (Å²) < 4.78 is 25.6. The minimum Gasteiger partial charge on any atom is -0.365 e. The molecule has 0 radical (unpaired) electrons. The van der Waals surface area contributed by atoms with Gasteiger partial charge in [-0.1, -0.05) is 0 Å². The average Bonchev–Trinajstić information content (AvgIpc) is 3.21. The number of piperidine rings is 1. The molecule has 4 rings (SSSR count). The molecular weight excluding hydrogens is 430 g/mol. The van der Waals surface area contributed by atoms with Crippen LogP contribution >= 0.6 is 0 Å². The minimum atomic E-state index is -3.24. The van der Waals surface area contributed by atoms with Crippen molar-refractivity contribution in [2.24, 2.45) is 0 Å². The fraction of sp³-hybridized carbons (Fsp3) is 0.500. The van der Waals surface area contributed by atoms with E-state index in [1.165, 1.54) is 10.6 Å². The number of anilines is 2. The Bertz CT molecular complexity index is 1180. The van der Waals surface area contributed by atoms with Crippen LogP contribution in [0.2, 0.25) is 0 Å². The van der Waals surface area contributed by atoms with Gasteiger partial charge in [0, 0.05) is 44.6 Å². The maximum atomic E-state index is 12.0. The first-order valence-corrected chi connectivity index (χ1v) is 12.4. The summed E-state index contributed by atoms with van der Waals surface area (Å²) in [5, 5.41) is 6.69. The van der Waals surface area contributed by atoms with Gasteiger partial charge in [-0.25, -0.2) is 27.7 Å². The maximum Gasteiger partial charge on any atom is 0.224 e. The number of hydrogen-bond donors (Lipinski definition) is 3. The Morgan fingerprint density at radius 2 is 2.09 bits per heavy atom. The molecule has 0 aliphatic carbocycles. The molecule has 0 bridgehead atoms. The van der Waals surface area contributed by atoms with Crippen LogP contribution in [0.4, 0.5) is 11.8 Å². The topological polar surface area (TPSA) is 132 Å². The van der Waals surface area contributed by atoms with Gasteiger partial charge in [-0.3, -0.25) is 0 Å². The van der Waals surface area contributed by atoms with Crippen molar-refractivity contribution < 1.29 is 8.42 Å². The van der Waals surface area contributed by atoms with Crippen LogP contribution in [0.25, 0.3) is 22.4 Å². The number of fused-ring (bicyclic) bond motifs is 1. The van der Waals surface area contributed by atoms with E-state index < -0.39 is 10.0 Å². The van der Waals surface area contributed by atoms with Gasteiger partial charge in [0.2, 0.25) is 16.0 Å². The zero-order valence-electron chi connectivity index (χ0n) is 18.5. The molecule has 11 nitrogen and oxygen atoms in total. The van der Waals surface area contributed by atoms with E-state index in [9.17, 15) is 8.42 Å². The second kappa shape index (κ2) is 9.35. The number of hydrogen-bond acceptors (Lipinski definition) is 9. The summed E-state index contributed by atoms with van der Waals surface area (Å²) in [6.07, 6.45) is 8.09. The van der Waals surface area contributed by atoms with E-state index in [0.717, 1.165) is 30.5 Å². The highest BCUT2D eigenvalue weighted by Gasteiger charge is 2.27. The minimum absolute atomic E-state index is 0.0642. The van der Waals surface area contributed by atoms with Gasteiger partial charge in [-0.15, -0.1) is 0 Å². The van der Waals surface area contributed by atoms with E-state index in [-0.39, 0.29) is 6.04 Å². The van der Waals surface area contributed by atoms with Crippen molar-refractivity contribution in [1.29, 1.82) is 0 Å². The van der Waals surface area contributed by atoms with E-state index in [1.54, 1.807) is 18.6 Å². The number of nitrogens with one attached hydrogen (secondary N) is 3. The summed E-state index contributed by atoms with van der Waals surface area (Å²) in [4.78, 5) is 23.4. The summed E-state index contributed by atoms with van der Waals surface area (Å²) in [5.41, 5.74) is 2.83. The van der Waals surface area contributed by atoms with Gasteiger partial charge in [-0.2, -0.15) is 4.98 Å². The van der Waals surface area contributed by atoms with Crippen molar-refractivity contribution in [2.45, 2.75) is 18.9 Å². The largest absolute Gasteiger partial charge is 0.365 e. The van der Waals surface area contributed by atoms with Crippen molar-refractivity contribution >= 4 is 33.0 Å². The van der Waals surface area contributed by atoms with Gasteiger partial charge in [0.15, 0.2) is 5.65 Å². The fourth-order valence-corrected chi connectivity index (χ4v) is 4.58. The third kappa shape index (κ3) is 5.31. The molecule has 3 N–H and O–H groups in total. The van der Waals surface area contributed by atoms with Gasteiger partial charge >= 0.3 is 0 Å². The Labute approximate surface area is 187 Å². The highest BCUT2D eigenvalue weighted by Crippen LogP contribution is 2.28. The van der Waals surface area contributed by atoms with Gasteiger partial charge in [0.1, 0.15) is 11.3 Å². The lowest BCUT2D eigenvalue weighted by atomic mass is 10.1. The van der Waals surface area contributed by atoms with E-state index in [0.29, 0.717) is 42.7 Å². The Morgan fingerprint density at radius 1 is 1.25 bits per heavy atom. The quantitative estimate of drug-likeness (QED) is 0.455. The monoisotopic (exact) mass is 459 g/mol. The molecule has 1 unspecified atom stereocenters. The van der Waals surface area contributed by atoms with E-state index in [2.05, 4.69) is 35.5 Å². The molecule has 12 heteroatoms. The number of likely N-dealkylation sites (N-methyl/N-ethyl adjacent to an activating group) is 1. The lowest BCUT2D eigenvalue weighted by Gasteiger charge is -2.32. The summed E-state index contributed by atoms with van der Waals surface area (Å²) in [6, 6.07) is 1.80. The number of aromatic amines is 1. The number of H-pyrrole nitrogens is 1. The lowest BCUT2D eigenvalue weighted by molar-refractivity contribution is 0.329. The van der Waals surface area contributed by atoms with Crippen LogP contribution in [0, 0.1) is 0 Å². The molecule has 3 aromatic heterocycles. The van der Waals surface area contributed by atoms with E-state index in [1.807, 2.05) is 20.2 Å². The predicted molar refractivity (Wildman–Crippen MR) is 125 cm³/mol. The van der Waals surface area contributed by atoms with Crippen molar-refractivity contribution in [3.63, 3.8) is 0 Å². The average molecular weight is 460 g/mol. The molecule has 0 saturated carbocycles. The molecule has 1 fully saturated rings. The first-order chi connectivity index (χ1) is 15.3. The molecule has 3 aromatic rings. The van der Waals surface area contributed by atoms with Gasteiger partial charge in [0.25, 0.3) is 0 Å². The molecule has 1 aliphatic rings. The van der Waals surface area contributed by atoms with Crippen molar-refractivity contribution in [1.82, 2.24) is 34.1 Å². The Balaban J connectivity index is 1.63. The first-order valence-electron chi connectivity index (χ1n) is 10.6. The normalized spacial score (nSPS) is 17.7. The van der Waals surface area contributed by atoms with Crippen LogP contribution in [0.5, 0.6) is 0 Å². The second-order valence-electron chi connectivity index (χ2n) is 8.26. The number of rotatable bonds is 8. The van der Waals surface area contributed by atoms with Crippen LogP contribution in [0.15, 0.2) is 24.7 Å². The summed E-state index contributed by atoms with van der Waals surface area (Å²) >= 11 is 0. The first kappa shape index (κ1) is 22.4. The third-order valence-electron chi connectivity index (χ3n) is 5.36. The molecule has 1 saturated heterocycles. The summed E-state index contributed by atoms with van der Waals surface area (Å²) in [5.74, 6) is 1.11. The third-order valence-corrected chi connectivity index (χ3v) is 6.63. The summed E-state index contributed by atoms with van der Waals surface area (Å²) in [7, 11) is 0.768. The number of sulfonamides is 1. The number of nitrogens with zero attached hydrogens (tertiary/aromatic N) is 6. The molecule has 1 aliphatic heterocycles. The van der Waals surface area contributed by atoms with Crippen molar-refractivity contribution in [2.75, 3.05) is 57.2 Å². The van der Waals surface area contributed by atoms with Gasteiger partial charge < -0.3 is 20.5 Å². The van der Waals surface area contributed by atoms with Crippen LogP contribution < -0.4 is 10.6 Å². The molecule has 32 heavy (non-hydrogen) atoms. The molecule has 0 spiro atoms. The molecule has 1 atom stereocenters. The van der Waals surface area contributed by atoms with Crippen LogP contribution in [0.1, 0.15) is 12.8 Å². The second-order valence-corrected chi connectivity index (χ2v) is 10.2. The standard InChI is InChI=1S/C20H29N9O2S/c1-28(2)10-8-22-20-24-11-15(17-12-23-19-16(26-17)6-7-21-19)18(27-20)25-14-5-4-9-29(13-14)32(3,30)31/h6-7,11-12,14H,4-5,8-10,13H2,1-3H3,(H,21,23)(H2,22,24,25,27). The van der Waals surface area contributed by atoms with Crippen molar-refractivity contribution in [3.05, 3.63) is 24.7 Å². The Morgan fingerprint density at radius 3 is 2.88 bits per heavy atom. The summed E-state index contributed by atoms with van der Waals surface area (Å²) in [6.45, 7) is 2.48. The highest BCUT2D eigenvalue weighted by atomic mass is 32.2. The maximum absolute atomic E-state index is 12.0. The lowest BCUT2D eigenvalue weighted by Crippen LogP contribution is -2.44.